The van der Waals surface area contributed by atoms with Crippen molar-refractivity contribution >= 4 is 38.8 Å². The number of anilines is 2. The topological polar surface area (TPSA) is 82.6 Å². The van der Waals surface area contributed by atoms with Gasteiger partial charge in [0, 0.05) is 31.1 Å². The van der Waals surface area contributed by atoms with Gasteiger partial charge in [-0.3, -0.25) is 4.79 Å². The molecule has 0 aromatic carbocycles. The van der Waals surface area contributed by atoms with Crippen molar-refractivity contribution in [3.63, 3.8) is 0 Å². The third-order valence-corrected chi connectivity index (χ3v) is 8.79. The van der Waals surface area contributed by atoms with E-state index in [1.54, 1.807) is 22.6 Å². The largest absolute Gasteiger partial charge is 0.357 e. The first-order valence-electron chi connectivity index (χ1n) is 10.1. The minimum atomic E-state index is -3.44. The van der Waals surface area contributed by atoms with Crippen molar-refractivity contribution in [3.05, 3.63) is 35.3 Å². The minimum Gasteiger partial charge on any atom is -0.357 e. The number of nitrogens with zero attached hydrogens (tertiary/aromatic N) is 3. The van der Waals surface area contributed by atoms with Crippen molar-refractivity contribution in [2.24, 2.45) is 0 Å². The van der Waals surface area contributed by atoms with Gasteiger partial charge in [-0.15, -0.1) is 11.3 Å². The van der Waals surface area contributed by atoms with Crippen molar-refractivity contribution in [2.75, 3.05) is 36.4 Å². The SMILES string of the molecule is O=C(Cc1ccc(S(=O)(=O)N2CCCCC2)s1)Nc1ccc(N2CCCC2)nc1. The summed E-state index contributed by atoms with van der Waals surface area (Å²) in [7, 11) is -3.44. The van der Waals surface area contributed by atoms with E-state index >= 15 is 0 Å². The van der Waals surface area contributed by atoms with Crippen molar-refractivity contribution in [2.45, 2.75) is 42.7 Å². The first-order chi connectivity index (χ1) is 14.0. The molecule has 0 atom stereocenters. The summed E-state index contributed by atoms with van der Waals surface area (Å²) < 4.78 is 27.4. The van der Waals surface area contributed by atoms with Crippen LogP contribution in [0.2, 0.25) is 0 Å². The van der Waals surface area contributed by atoms with E-state index in [0.717, 1.165) is 43.0 Å². The van der Waals surface area contributed by atoms with Crippen LogP contribution in [0.1, 0.15) is 37.0 Å². The molecule has 9 heteroatoms. The van der Waals surface area contributed by atoms with Gasteiger partial charge in [0.1, 0.15) is 10.0 Å². The van der Waals surface area contributed by atoms with Crippen LogP contribution in [0.3, 0.4) is 0 Å². The molecule has 2 fully saturated rings. The quantitative estimate of drug-likeness (QED) is 0.755. The third-order valence-electron chi connectivity index (χ3n) is 5.34. The standard InChI is InChI=1S/C20H26N4O3S2/c25-19(22-16-6-8-18(21-15-16)23-10-4-5-11-23)14-17-7-9-20(28-17)29(26,27)24-12-2-1-3-13-24/h6-9,15H,1-5,10-14H2,(H,22,25). The number of amides is 1. The maximum atomic E-state index is 12.7. The Morgan fingerprint density at radius 1 is 1.00 bits per heavy atom. The maximum Gasteiger partial charge on any atom is 0.252 e. The number of thiophene rings is 1. The molecule has 2 saturated heterocycles. The first-order valence-corrected chi connectivity index (χ1v) is 12.4. The first kappa shape index (κ1) is 20.3. The lowest BCUT2D eigenvalue weighted by molar-refractivity contribution is -0.115. The van der Waals surface area contributed by atoms with Gasteiger partial charge in [0.25, 0.3) is 10.0 Å². The molecule has 7 nitrogen and oxygen atoms in total. The fourth-order valence-corrected chi connectivity index (χ4v) is 6.81. The van der Waals surface area contributed by atoms with E-state index < -0.39 is 10.0 Å². The number of carbonyl (C=O) groups excluding carboxylic acids is 1. The van der Waals surface area contributed by atoms with Gasteiger partial charge in [0.05, 0.1) is 18.3 Å². The van der Waals surface area contributed by atoms with Gasteiger partial charge in [-0.2, -0.15) is 4.31 Å². The molecule has 29 heavy (non-hydrogen) atoms. The van der Waals surface area contributed by atoms with Gasteiger partial charge in [0.15, 0.2) is 0 Å². The molecule has 1 N–H and O–H groups in total. The van der Waals surface area contributed by atoms with E-state index in [2.05, 4.69) is 15.2 Å². The predicted octanol–water partition coefficient (Wildman–Crippen LogP) is 3.10. The summed E-state index contributed by atoms with van der Waals surface area (Å²) in [5, 5.41) is 2.85. The van der Waals surface area contributed by atoms with E-state index in [1.807, 2.05) is 12.1 Å². The molecule has 0 radical (unpaired) electrons. The molecule has 156 valence electrons. The molecular formula is C20H26N4O3S2. The number of nitrogens with one attached hydrogen (secondary N) is 1. The Kier molecular flexibility index (Phi) is 6.17. The fourth-order valence-electron chi connectivity index (χ4n) is 3.78. The van der Waals surface area contributed by atoms with Crippen LogP contribution >= 0.6 is 11.3 Å². The van der Waals surface area contributed by atoms with Crippen LogP contribution in [-0.4, -0.2) is 49.8 Å². The smallest absolute Gasteiger partial charge is 0.252 e. The second kappa shape index (κ2) is 8.81. The Morgan fingerprint density at radius 2 is 1.72 bits per heavy atom. The molecular weight excluding hydrogens is 408 g/mol. The number of pyridine rings is 1. The molecule has 0 unspecified atom stereocenters. The van der Waals surface area contributed by atoms with Gasteiger partial charge < -0.3 is 10.2 Å². The van der Waals surface area contributed by atoms with Gasteiger partial charge in [0.2, 0.25) is 5.91 Å². The van der Waals surface area contributed by atoms with Crippen LogP contribution in [0, 0.1) is 0 Å². The molecule has 0 bridgehead atoms. The van der Waals surface area contributed by atoms with E-state index in [0.29, 0.717) is 23.0 Å². The normalized spacial score (nSPS) is 18.1. The monoisotopic (exact) mass is 434 g/mol. The van der Waals surface area contributed by atoms with E-state index in [9.17, 15) is 13.2 Å². The summed E-state index contributed by atoms with van der Waals surface area (Å²) in [5.74, 6) is 0.760. The van der Waals surface area contributed by atoms with Crippen LogP contribution < -0.4 is 10.2 Å². The van der Waals surface area contributed by atoms with Crippen LogP contribution in [0.4, 0.5) is 11.5 Å². The van der Waals surface area contributed by atoms with E-state index in [-0.39, 0.29) is 12.3 Å². The highest BCUT2D eigenvalue weighted by molar-refractivity contribution is 7.91. The highest BCUT2D eigenvalue weighted by Gasteiger charge is 2.27. The Morgan fingerprint density at radius 3 is 2.41 bits per heavy atom. The summed E-state index contributed by atoms with van der Waals surface area (Å²) in [4.78, 5) is 19.8. The molecule has 1 amide bonds. The summed E-state index contributed by atoms with van der Waals surface area (Å²) in [6.45, 7) is 3.21. The molecule has 0 spiro atoms. The van der Waals surface area contributed by atoms with Crippen molar-refractivity contribution in [1.29, 1.82) is 0 Å². The van der Waals surface area contributed by atoms with Gasteiger partial charge in [-0.1, -0.05) is 6.42 Å². The third kappa shape index (κ3) is 4.79. The van der Waals surface area contributed by atoms with Crippen molar-refractivity contribution in [1.82, 2.24) is 9.29 Å². The Hall–Kier alpha value is -1.97. The number of hydrogen-bond acceptors (Lipinski definition) is 6. The van der Waals surface area contributed by atoms with Gasteiger partial charge >= 0.3 is 0 Å². The summed E-state index contributed by atoms with van der Waals surface area (Å²) in [6.07, 6.45) is 7.10. The van der Waals surface area contributed by atoms with Crippen molar-refractivity contribution in [3.8, 4) is 0 Å². The van der Waals surface area contributed by atoms with E-state index in [1.165, 1.54) is 24.2 Å². The lowest BCUT2D eigenvalue weighted by atomic mass is 10.2. The summed E-state index contributed by atoms with van der Waals surface area (Å²) in [6, 6.07) is 7.13. The fraction of sp³-hybridized carbons (Fsp3) is 0.500. The molecule has 2 aliphatic rings. The molecule has 4 rings (SSSR count). The number of rotatable bonds is 6. The van der Waals surface area contributed by atoms with Crippen molar-refractivity contribution < 1.29 is 13.2 Å². The van der Waals surface area contributed by atoms with Crippen LogP contribution in [0.25, 0.3) is 0 Å². The Balaban J connectivity index is 1.35. The average Bonchev–Trinajstić information content (AvgIpc) is 3.42. The minimum absolute atomic E-state index is 0.147. The molecule has 0 aliphatic carbocycles. The second-order valence-corrected chi connectivity index (χ2v) is 10.8. The molecule has 2 aromatic rings. The Labute approximate surface area is 175 Å². The highest BCUT2D eigenvalue weighted by Crippen LogP contribution is 2.27. The highest BCUT2D eigenvalue weighted by atomic mass is 32.2. The second-order valence-electron chi connectivity index (χ2n) is 7.51. The molecule has 2 aliphatic heterocycles. The molecule has 0 saturated carbocycles. The Bertz CT molecular complexity index is 944. The van der Waals surface area contributed by atoms with Crippen LogP contribution in [0.15, 0.2) is 34.7 Å². The average molecular weight is 435 g/mol. The molecule has 4 heterocycles. The zero-order chi connectivity index (χ0) is 20.3. The number of piperidine rings is 1. The summed E-state index contributed by atoms with van der Waals surface area (Å²) >= 11 is 1.18. The van der Waals surface area contributed by atoms with E-state index in [4.69, 9.17) is 0 Å². The van der Waals surface area contributed by atoms with Gasteiger partial charge in [-0.05, 0) is 49.9 Å². The molecule has 2 aromatic heterocycles. The summed E-state index contributed by atoms with van der Waals surface area (Å²) in [5.41, 5.74) is 0.649. The number of hydrogen-bond donors (Lipinski definition) is 1. The number of aromatic nitrogens is 1. The number of sulfonamides is 1. The predicted molar refractivity (Wildman–Crippen MR) is 115 cm³/mol. The van der Waals surface area contributed by atoms with Crippen LogP contribution in [-0.2, 0) is 21.2 Å². The zero-order valence-corrected chi connectivity index (χ0v) is 18.0. The lowest BCUT2D eigenvalue weighted by Gasteiger charge is -2.25. The van der Waals surface area contributed by atoms with Crippen LogP contribution in [0.5, 0.6) is 0 Å². The lowest BCUT2D eigenvalue weighted by Crippen LogP contribution is -2.35. The zero-order valence-electron chi connectivity index (χ0n) is 16.3. The number of carbonyl (C=O) groups is 1. The maximum absolute atomic E-state index is 12.7. The van der Waals surface area contributed by atoms with Gasteiger partial charge in [-0.25, -0.2) is 13.4 Å².